The Kier molecular flexibility index (Phi) is 3.37. The molecule has 0 amide bonds. The van der Waals surface area contributed by atoms with Crippen LogP contribution in [0.1, 0.15) is 18.4 Å². The first kappa shape index (κ1) is 12.2. The second-order valence-electron chi connectivity index (χ2n) is 5.39. The lowest BCUT2D eigenvalue weighted by molar-refractivity contribution is 0.439. The van der Waals surface area contributed by atoms with Gasteiger partial charge in [-0.3, -0.25) is 0 Å². The van der Waals surface area contributed by atoms with Crippen LogP contribution in [0.25, 0.3) is 10.1 Å². The quantitative estimate of drug-likeness (QED) is 0.834. The van der Waals surface area contributed by atoms with E-state index in [-0.39, 0.29) is 0 Å². The van der Waals surface area contributed by atoms with E-state index < -0.39 is 0 Å². The van der Waals surface area contributed by atoms with E-state index in [1.807, 2.05) is 18.4 Å². The number of thiophene rings is 1. The molecule has 0 spiro atoms. The lowest BCUT2D eigenvalue weighted by Crippen LogP contribution is -2.30. The van der Waals surface area contributed by atoms with Crippen LogP contribution in [0, 0.1) is 5.41 Å². The molecule has 0 aliphatic heterocycles. The third-order valence-corrected chi connectivity index (χ3v) is 4.90. The van der Waals surface area contributed by atoms with Gasteiger partial charge in [0.2, 0.25) is 0 Å². The zero-order chi connectivity index (χ0) is 12.4. The molecule has 2 aromatic rings. The number of hydrogen-bond donors (Lipinski definition) is 2. The maximum atomic E-state index is 3.63. The van der Waals surface area contributed by atoms with Gasteiger partial charge in [0.05, 0.1) is 0 Å². The van der Waals surface area contributed by atoms with Crippen LogP contribution in [0.2, 0.25) is 0 Å². The van der Waals surface area contributed by atoms with Crippen molar-refractivity contribution in [3.63, 3.8) is 0 Å². The van der Waals surface area contributed by atoms with Gasteiger partial charge in [-0.05, 0) is 47.7 Å². The van der Waals surface area contributed by atoms with E-state index in [9.17, 15) is 0 Å². The minimum atomic E-state index is 0.542. The molecule has 1 aliphatic rings. The highest BCUT2D eigenvalue weighted by Crippen LogP contribution is 2.44. The second-order valence-corrected chi connectivity index (χ2v) is 6.30. The van der Waals surface area contributed by atoms with Crippen LogP contribution in [0.3, 0.4) is 0 Å². The first-order valence-corrected chi connectivity index (χ1v) is 7.51. The molecule has 0 bridgehead atoms. The minimum Gasteiger partial charge on any atom is -0.319 e. The van der Waals surface area contributed by atoms with Crippen molar-refractivity contribution in [3.05, 3.63) is 35.2 Å². The molecule has 18 heavy (non-hydrogen) atoms. The van der Waals surface area contributed by atoms with E-state index in [1.54, 1.807) is 0 Å². The van der Waals surface area contributed by atoms with Crippen LogP contribution in [0.5, 0.6) is 0 Å². The molecule has 1 aliphatic carbocycles. The molecule has 1 fully saturated rings. The molecule has 2 N–H and O–H groups in total. The fourth-order valence-electron chi connectivity index (χ4n) is 2.60. The van der Waals surface area contributed by atoms with Crippen molar-refractivity contribution in [2.24, 2.45) is 5.41 Å². The molecule has 0 radical (unpaired) electrons. The molecule has 3 heteroatoms. The summed E-state index contributed by atoms with van der Waals surface area (Å²) in [6, 6.07) is 8.67. The van der Waals surface area contributed by atoms with Crippen molar-refractivity contribution in [1.29, 1.82) is 0 Å². The van der Waals surface area contributed by atoms with Crippen LogP contribution in [-0.4, -0.2) is 20.1 Å². The van der Waals surface area contributed by atoms with Crippen LogP contribution in [0.15, 0.2) is 29.6 Å². The van der Waals surface area contributed by atoms with Crippen molar-refractivity contribution < 1.29 is 0 Å². The first-order valence-electron chi connectivity index (χ1n) is 6.63. The summed E-state index contributed by atoms with van der Waals surface area (Å²) in [4.78, 5) is 0. The van der Waals surface area contributed by atoms with E-state index in [1.165, 1.54) is 28.5 Å². The van der Waals surface area contributed by atoms with Crippen molar-refractivity contribution in [3.8, 4) is 0 Å². The predicted molar refractivity (Wildman–Crippen MR) is 79.1 cm³/mol. The van der Waals surface area contributed by atoms with Gasteiger partial charge in [0.15, 0.2) is 0 Å². The van der Waals surface area contributed by atoms with Gasteiger partial charge >= 0.3 is 0 Å². The van der Waals surface area contributed by atoms with E-state index in [0.29, 0.717) is 5.41 Å². The molecule has 0 unspecified atom stereocenters. The Morgan fingerprint density at radius 1 is 1.22 bits per heavy atom. The monoisotopic (exact) mass is 260 g/mol. The van der Waals surface area contributed by atoms with Crippen LogP contribution in [0.4, 0.5) is 0 Å². The molecule has 1 aromatic heterocycles. The Hall–Kier alpha value is -0.900. The molecule has 2 nitrogen and oxygen atoms in total. The van der Waals surface area contributed by atoms with E-state index in [2.05, 4.69) is 40.3 Å². The largest absolute Gasteiger partial charge is 0.319 e. The highest BCUT2D eigenvalue weighted by Gasteiger charge is 2.41. The highest BCUT2D eigenvalue weighted by atomic mass is 32.1. The van der Waals surface area contributed by atoms with Crippen LogP contribution >= 0.6 is 11.3 Å². The predicted octanol–water partition coefficient (Wildman–Crippen LogP) is 2.99. The molecule has 0 saturated heterocycles. The lowest BCUT2D eigenvalue weighted by Gasteiger charge is -2.15. The third kappa shape index (κ3) is 2.44. The maximum absolute atomic E-state index is 3.63. The van der Waals surface area contributed by atoms with Gasteiger partial charge in [0, 0.05) is 24.3 Å². The number of fused-ring (bicyclic) bond motifs is 1. The maximum Gasteiger partial charge on any atom is 0.0346 e. The Bertz CT molecular complexity index is 528. The Morgan fingerprint density at radius 2 is 2.06 bits per heavy atom. The third-order valence-electron chi connectivity index (χ3n) is 3.89. The van der Waals surface area contributed by atoms with Gasteiger partial charge in [-0.25, -0.2) is 0 Å². The summed E-state index contributed by atoms with van der Waals surface area (Å²) in [6.45, 7) is 3.28. The molecule has 96 valence electrons. The average molecular weight is 260 g/mol. The molecule has 3 rings (SSSR count). The van der Waals surface area contributed by atoms with Gasteiger partial charge in [0.1, 0.15) is 0 Å². The van der Waals surface area contributed by atoms with Gasteiger partial charge < -0.3 is 10.6 Å². The molecular formula is C15H20N2S. The topological polar surface area (TPSA) is 24.1 Å². The fraction of sp³-hybridized carbons (Fsp3) is 0.467. The van der Waals surface area contributed by atoms with Gasteiger partial charge in [-0.1, -0.05) is 18.2 Å². The number of hydrogen-bond acceptors (Lipinski definition) is 3. The summed E-state index contributed by atoms with van der Waals surface area (Å²) in [6.07, 6.45) is 2.73. The molecular weight excluding hydrogens is 240 g/mol. The minimum absolute atomic E-state index is 0.542. The van der Waals surface area contributed by atoms with Crippen molar-refractivity contribution >= 4 is 21.4 Å². The van der Waals surface area contributed by atoms with Crippen molar-refractivity contribution in [2.45, 2.75) is 19.4 Å². The second kappa shape index (κ2) is 5.00. The zero-order valence-electron chi connectivity index (χ0n) is 10.8. The molecule has 0 atom stereocenters. The van der Waals surface area contributed by atoms with E-state index in [4.69, 9.17) is 0 Å². The molecule has 1 heterocycles. The number of rotatable bonds is 6. The summed E-state index contributed by atoms with van der Waals surface area (Å²) in [5, 5.41) is 10.6. The van der Waals surface area contributed by atoms with Crippen LogP contribution < -0.4 is 10.6 Å². The fourth-order valence-corrected chi connectivity index (χ4v) is 3.56. The van der Waals surface area contributed by atoms with E-state index in [0.717, 1.165) is 19.6 Å². The summed E-state index contributed by atoms with van der Waals surface area (Å²) in [7, 11) is 2.05. The number of benzene rings is 1. The SMILES string of the molecule is CNCC1(CNCc2csc3ccccc23)CC1. The lowest BCUT2D eigenvalue weighted by atomic mass is 10.1. The molecule has 1 aromatic carbocycles. The van der Waals surface area contributed by atoms with Crippen molar-refractivity contribution in [1.82, 2.24) is 10.6 Å². The first-order chi connectivity index (χ1) is 8.83. The van der Waals surface area contributed by atoms with Gasteiger partial charge in [-0.2, -0.15) is 0 Å². The normalized spacial score (nSPS) is 17.2. The summed E-state index contributed by atoms with van der Waals surface area (Å²) in [5.74, 6) is 0. The Balaban J connectivity index is 1.60. The van der Waals surface area contributed by atoms with Crippen molar-refractivity contribution in [2.75, 3.05) is 20.1 Å². The Morgan fingerprint density at radius 3 is 2.83 bits per heavy atom. The smallest absolute Gasteiger partial charge is 0.0346 e. The van der Waals surface area contributed by atoms with Gasteiger partial charge in [-0.15, -0.1) is 11.3 Å². The summed E-state index contributed by atoms with van der Waals surface area (Å²) >= 11 is 1.85. The number of nitrogens with one attached hydrogen (secondary N) is 2. The highest BCUT2D eigenvalue weighted by molar-refractivity contribution is 7.17. The standard InChI is InChI=1S/C15H20N2S/c1-16-10-15(6-7-15)11-17-8-12-9-18-14-5-3-2-4-13(12)14/h2-5,9,16-17H,6-8,10-11H2,1H3. The summed E-state index contributed by atoms with van der Waals surface area (Å²) in [5.41, 5.74) is 1.98. The molecule has 1 saturated carbocycles. The van der Waals surface area contributed by atoms with Crippen LogP contribution in [-0.2, 0) is 6.54 Å². The van der Waals surface area contributed by atoms with Gasteiger partial charge in [0.25, 0.3) is 0 Å². The Labute approximate surface area is 112 Å². The zero-order valence-corrected chi connectivity index (χ0v) is 11.6. The van der Waals surface area contributed by atoms with E-state index >= 15 is 0 Å². The average Bonchev–Trinajstić information content (AvgIpc) is 3.02. The summed E-state index contributed by atoms with van der Waals surface area (Å²) < 4.78 is 1.39.